The number of hydrogen-bond acceptors (Lipinski definition) is 3. The van der Waals surface area contributed by atoms with E-state index in [9.17, 15) is 13.6 Å². The monoisotopic (exact) mass is 280 g/mol. The summed E-state index contributed by atoms with van der Waals surface area (Å²) in [6, 6.07) is 6.97. The molecule has 0 fully saturated rings. The molecule has 0 aromatic carbocycles. The third-order valence-corrected chi connectivity index (χ3v) is 2.59. The van der Waals surface area contributed by atoms with Crippen LogP contribution >= 0.6 is 0 Å². The summed E-state index contributed by atoms with van der Waals surface area (Å²) in [5, 5.41) is 6.46. The number of aromatic nitrogens is 3. The van der Waals surface area contributed by atoms with Crippen LogP contribution in [0.15, 0.2) is 36.7 Å². The minimum absolute atomic E-state index is 0.131. The molecule has 1 N–H and O–H groups in total. The molecule has 7 heteroatoms. The quantitative estimate of drug-likeness (QED) is 0.872. The Morgan fingerprint density at radius 2 is 2.20 bits per heavy atom. The normalized spacial score (nSPS) is 10.8. The molecular weight excluding hydrogens is 266 g/mol. The predicted molar refractivity (Wildman–Crippen MR) is 68.5 cm³/mol. The van der Waals surface area contributed by atoms with Gasteiger partial charge < -0.3 is 5.32 Å². The molecule has 0 saturated carbocycles. The number of amides is 1. The van der Waals surface area contributed by atoms with Gasteiger partial charge in [-0.15, -0.1) is 0 Å². The first-order valence-corrected chi connectivity index (χ1v) is 6.15. The van der Waals surface area contributed by atoms with Crippen molar-refractivity contribution in [2.75, 3.05) is 6.54 Å². The Kier molecular flexibility index (Phi) is 4.75. The van der Waals surface area contributed by atoms with E-state index in [0.29, 0.717) is 13.0 Å². The zero-order chi connectivity index (χ0) is 14.4. The highest BCUT2D eigenvalue weighted by Crippen LogP contribution is 2.01. The fourth-order valence-corrected chi connectivity index (χ4v) is 1.67. The van der Waals surface area contributed by atoms with Crippen molar-refractivity contribution < 1.29 is 13.6 Å². The van der Waals surface area contributed by atoms with Gasteiger partial charge in [-0.1, -0.05) is 6.07 Å². The summed E-state index contributed by atoms with van der Waals surface area (Å²) in [4.78, 5) is 15.9. The van der Waals surface area contributed by atoms with Crippen molar-refractivity contribution >= 4 is 5.91 Å². The number of pyridine rings is 1. The van der Waals surface area contributed by atoms with E-state index in [4.69, 9.17) is 0 Å². The SMILES string of the molecule is O=C(NCCc1ccccn1)c1ccn(CC(F)F)n1. The molecule has 0 saturated heterocycles. The summed E-state index contributed by atoms with van der Waals surface area (Å²) in [5.41, 5.74) is 1.00. The highest BCUT2D eigenvalue weighted by molar-refractivity contribution is 5.92. The van der Waals surface area contributed by atoms with E-state index < -0.39 is 13.0 Å². The maximum Gasteiger partial charge on any atom is 0.271 e. The summed E-state index contributed by atoms with van der Waals surface area (Å²) in [5.74, 6) is -0.381. The summed E-state index contributed by atoms with van der Waals surface area (Å²) in [6.45, 7) is -0.0984. The van der Waals surface area contributed by atoms with Crippen LogP contribution in [0.3, 0.4) is 0 Å². The number of alkyl halides is 2. The minimum atomic E-state index is -2.49. The van der Waals surface area contributed by atoms with Gasteiger partial charge in [0.05, 0.1) is 0 Å². The Labute approximate surface area is 114 Å². The smallest absolute Gasteiger partial charge is 0.271 e. The van der Waals surface area contributed by atoms with Gasteiger partial charge in [0.2, 0.25) is 0 Å². The molecule has 0 radical (unpaired) electrons. The van der Waals surface area contributed by atoms with Crippen molar-refractivity contribution in [3.05, 3.63) is 48.0 Å². The molecule has 106 valence electrons. The average Bonchev–Trinajstić information content (AvgIpc) is 2.87. The molecule has 0 bridgehead atoms. The van der Waals surface area contributed by atoms with Crippen molar-refractivity contribution in [2.45, 2.75) is 19.4 Å². The largest absolute Gasteiger partial charge is 0.350 e. The van der Waals surface area contributed by atoms with Crippen molar-refractivity contribution in [1.82, 2.24) is 20.1 Å². The second-order valence-corrected chi connectivity index (χ2v) is 4.14. The van der Waals surface area contributed by atoms with E-state index in [1.165, 1.54) is 12.3 Å². The molecule has 1 amide bonds. The number of carbonyl (C=O) groups is 1. The second kappa shape index (κ2) is 6.74. The third-order valence-electron chi connectivity index (χ3n) is 2.59. The fraction of sp³-hybridized carbons (Fsp3) is 0.308. The molecular formula is C13H14F2N4O. The van der Waals surface area contributed by atoms with E-state index in [1.807, 2.05) is 18.2 Å². The lowest BCUT2D eigenvalue weighted by atomic mass is 10.2. The molecule has 0 unspecified atom stereocenters. The van der Waals surface area contributed by atoms with Gasteiger partial charge in [-0.25, -0.2) is 8.78 Å². The molecule has 2 aromatic heterocycles. The first-order chi connectivity index (χ1) is 9.65. The van der Waals surface area contributed by atoms with Gasteiger partial charge in [0, 0.05) is 31.1 Å². The van der Waals surface area contributed by atoms with Gasteiger partial charge in [-0.2, -0.15) is 5.10 Å². The van der Waals surface area contributed by atoms with Gasteiger partial charge in [-0.3, -0.25) is 14.5 Å². The van der Waals surface area contributed by atoms with Gasteiger partial charge in [0.25, 0.3) is 12.3 Å². The standard InChI is InChI=1S/C13H14F2N4O/c14-12(15)9-19-8-5-11(18-19)13(20)17-7-4-10-3-1-2-6-16-10/h1-3,5-6,8,12H,4,7,9H2,(H,17,20). The number of nitrogens with one attached hydrogen (secondary N) is 1. The highest BCUT2D eigenvalue weighted by atomic mass is 19.3. The van der Waals surface area contributed by atoms with Gasteiger partial charge in [0.1, 0.15) is 12.2 Å². The molecule has 0 spiro atoms. The predicted octanol–water partition coefficient (Wildman–Crippen LogP) is 1.52. The minimum Gasteiger partial charge on any atom is -0.350 e. The number of halogens is 2. The number of hydrogen-bond donors (Lipinski definition) is 1. The lowest BCUT2D eigenvalue weighted by molar-refractivity contribution is 0.0943. The fourth-order valence-electron chi connectivity index (χ4n) is 1.67. The van der Waals surface area contributed by atoms with Crippen LogP contribution < -0.4 is 5.32 Å². The second-order valence-electron chi connectivity index (χ2n) is 4.14. The van der Waals surface area contributed by atoms with Crippen molar-refractivity contribution in [3.8, 4) is 0 Å². The molecule has 0 aliphatic carbocycles. The first-order valence-electron chi connectivity index (χ1n) is 6.15. The van der Waals surface area contributed by atoms with E-state index in [2.05, 4.69) is 15.4 Å². The maximum absolute atomic E-state index is 12.2. The van der Waals surface area contributed by atoms with Gasteiger partial charge in [0.15, 0.2) is 0 Å². The van der Waals surface area contributed by atoms with E-state index >= 15 is 0 Å². The van der Waals surface area contributed by atoms with Crippen molar-refractivity contribution in [1.29, 1.82) is 0 Å². The number of nitrogens with zero attached hydrogens (tertiary/aromatic N) is 3. The van der Waals surface area contributed by atoms with Crippen LogP contribution in [0.1, 0.15) is 16.2 Å². The molecule has 2 aromatic rings. The first kappa shape index (κ1) is 14.1. The van der Waals surface area contributed by atoms with Crippen molar-refractivity contribution in [2.24, 2.45) is 0 Å². The van der Waals surface area contributed by atoms with E-state index in [-0.39, 0.29) is 11.6 Å². The Hall–Kier alpha value is -2.31. The molecule has 0 aliphatic heterocycles. The molecule has 0 atom stereocenters. The van der Waals surface area contributed by atoms with Crippen LogP contribution in [-0.4, -0.2) is 33.6 Å². The summed E-state index contributed by atoms with van der Waals surface area (Å²) in [7, 11) is 0. The summed E-state index contributed by atoms with van der Waals surface area (Å²) in [6.07, 6.45) is 1.16. The van der Waals surface area contributed by atoms with Crippen LogP contribution in [0, 0.1) is 0 Å². The lowest BCUT2D eigenvalue weighted by Crippen LogP contribution is -2.26. The lowest BCUT2D eigenvalue weighted by Gasteiger charge is -2.03. The maximum atomic E-state index is 12.2. The molecule has 5 nitrogen and oxygen atoms in total. The van der Waals surface area contributed by atoms with Gasteiger partial charge >= 0.3 is 0 Å². The zero-order valence-corrected chi connectivity index (χ0v) is 10.7. The van der Waals surface area contributed by atoms with Crippen LogP contribution in [0.5, 0.6) is 0 Å². The molecule has 2 rings (SSSR count). The van der Waals surface area contributed by atoms with Crippen LogP contribution in [0.2, 0.25) is 0 Å². The average molecular weight is 280 g/mol. The third kappa shape index (κ3) is 4.11. The van der Waals surface area contributed by atoms with Gasteiger partial charge in [-0.05, 0) is 18.2 Å². The van der Waals surface area contributed by atoms with Crippen LogP contribution in [0.4, 0.5) is 8.78 Å². The Morgan fingerprint density at radius 1 is 1.35 bits per heavy atom. The topological polar surface area (TPSA) is 59.8 Å². The van der Waals surface area contributed by atoms with Crippen molar-refractivity contribution in [3.63, 3.8) is 0 Å². The Bertz CT molecular complexity index is 557. The highest BCUT2D eigenvalue weighted by Gasteiger charge is 2.11. The van der Waals surface area contributed by atoms with E-state index in [0.717, 1.165) is 10.4 Å². The molecule has 0 aliphatic rings. The summed E-state index contributed by atoms with van der Waals surface area (Å²) < 4.78 is 25.4. The van der Waals surface area contributed by atoms with Crippen LogP contribution in [0.25, 0.3) is 0 Å². The zero-order valence-electron chi connectivity index (χ0n) is 10.7. The van der Waals surface area contributed by atoms with Crippen LogP contribution in [-0.2, 0) is 13.0 Å². The number of rotatable bonds is 6. The molecule has 20 heavy (non-hydrogen) atoms. The molecule has 2 heterocycles. The summed E-state index contributed by atoms with van der Waals surface area (Å²) >= 11 is 0. The Balaban J connectivity index is 1.81. The Morgan fingerprint density at radius 3 is 2.90 bits per heavy atom. The number of carbonyl (C=O) groups excluding carboxylic acids is 1. The van der Waals surface area contributed by atoms with E-state index in [1.54, 1.807) is 6.20 Å².